The lowest BCUT2D eigenvalue weighted by Crippen LogP contribution is -2.03. The molecule has 1 aromatic carbocycles. The van der Waals surface area contributed by atoms with Crippen LogP contribution in [-0.4, -0.2) is 14.9 Å². The lowest BCUT2D eigenvalue weighted by molar-refractivity contribution is 0.177. The summed E-state index contributed by atoms with van der Waals surface area (Å²) < 4.78 is 27.4. The molecule has 0 aliphatic heterocycles. The first-order chi connectivity index (χ1) is 8.47. The van der Waals surface area contributed by atoms with E-state index >= 15 is 0 Å². The summed E-state index contributed by atoms with van der Waals surface area (Å²) in [7, 11) is 1.76. The fraction of sp³-hybridized carbons (Fsp3) is 0.308. The van der Waals surface area contributed by atoms with E-state index in [-0.39, 0.29) is 6.42 Å². The lowest BCUT2D eigenvalue weighted by atomic mass is 10.0. The van der Waals surface area contributed by atoms with Crippen molar-refractivity contribution in [1.29, 1.82) is 0 Å². The SMILES string of the molecule is Cc1nn(C)cc1C(O)Cc1ccc(F)c(F)c1. The van der Waals surface area contributed by atoms with Crippen LogP contribution in [0.1, 0.15) is 22.9 Å². The topological polar surface area (TPSA) is 38.0 Å². The van der Waals surface area contributed by atoms with Gasteiger partial charge in [0.2, 0.25) is 0 Å². The van der Waals surface area contributed by atoms with E-state index in [9.17, 15) is 13.9 Å². The smallest absolute Gasteiger partial charge is 0.159 e. The minimum Gasteiger partial charge on any atom is -0.388 e. The fourth-order valence-electron chi connectivity index (χ4n) is 1.94. The van der Waals surface area contributed by atoms with E-state index in [4.69, 9.17) is 0 Å². The molecule has 0 spiro atoms. The number of benzene rings is 1. The Hall–Kier alpha value is -1.75. The largest absolute Gasteiger partial charge is 0.388 e. The van der Waals surface area contributed by atoms with E-state index in [1.165, 1.54) is 6.07 Å². The molecule has 0 bridgehead atoms. The molecule has 0 fully saturated rings. The molecule has 2 rings (SSSR count). The third kappa shape index (κ3) is 2.56. The van der Waals surface area contributed by atoms with Crippen LogP contribution in [0, 0.1) is 18.6 Å². The van der Waals surface area contributed by atoms with Crippen molar-refractivity contribution in [3.8, 4) is 0 Å². The van der Waals surface area contributed by atoms with Gasteiger partial charge in [0.15, 0.2) is 11.6 Å². The zero-order valence-corrected chi connectivity index (χ0v) is 10.2. The Bertz CT molecular complexity index is 566. The highest BCUT2D eigenvalue weighted by Crippen LogP contribution is 2.21. The van der Waals surface area contributed by atoms with Gasteiger partial charge in [-0.15, -0.1) is 0 Å². The second-order valence-electron chi connectivity index (χ2n) is 4.31. The Labute approximate surface area is 104 Å². The van der Waals surface area contributed by atoms with Crippen LogP contribution >= 0.6 is 0 Å². The summed E-state index contributed by atoms with van der Waals surface area (Å²) in [6, 6.07) is 3.63. The molecule has 0 saturated carbocycles. The molecule has 0 saturated heterocycles. The van der Waals surface area contributed by atoms with Gasteiger partial charge in [-0.3, -0.25) is 4.68 Å². The molecule has 3 nitrogen and oxygen atoms in total. The average molecular weight is 252 g/mol. The number of aliphatic hydroxyl groups excluding tert-OH is 1. The van der Waals surface area contributed by atoms with Gasteiger partial charge in [-0.25, -0.2) is 8.78 Å². The number of halogens is 2. The molecule has 1 heterocycles. The Balaban J connectivity index is 2.18. The number of rotatable bonds is 3. The summed E-state index contributed by atoms with van der Waals surface area (Å²) in [6.45, 7) is 1.80. The van der Waals surface area contributed by atoms with Gasteiger partial charge in [0.25, 0.3) is 0 Å². The van der Waals surface area contributed by atoms with Crippen LogP contribution in [0.3, 0.4) is 0 Å². The molecule has 0 amide bonds. The van der Waals surface area contributed by atoms with Crippen LogP contribution in [0.15, 0.2) is 24.4 Å². The first kappa shape index (κ1) is 12.7. The molecule has 18 heavy (non-hydrogen) atoms. The molecular weight excluding hydrogens is 238 g/mol. The van der Waals surface area contributed by atoms with E-state index in [1.54, 1.807) is 24.9 Å². The summed E-state index contributed by atoms with van der Waals surface area (Å²) in [6.07, 6.45) is 1.17. The number of hydrogen-bond donors (Lipinski definition) is 1. The van der Waals surface area contributed by atoms with Crippen LogP contribution in [0.2, 0.25) is 0 Å². The van der Waals surface area contributed by atoms with E-state index in [2.05, 4.69) is 5.10 Å². The third-order valence-corrected chi connectivity index (χ3v) is 2.82. The zero-order chi connectivity index (χ0) is 13.3. The highest BCUT2D eigenvalue weighted by atomic mass is 19.2. The molecule has 1 N–H and O–H groups in total. The van der Waals surface area contributed by atoms with Crippen molar-refractivity contribution in [3.05, 3.63) is 52.9 Å². The van der Waals surface area contributed by atoms with E-state index in [0.717, 1.165) is 17.8 Å². The maximum atomic E-state index is 13.0. The Morgan fingerprint density at radius 2 is 2.06 bits per heavy atom. The maximum absolute atomic E-state index is 13.0. The third-order valence-electron chi connectivity index (χ3n) is 2.82. The van der Waals surface area contributed by atoms with Gasteiger partial charge in [-0.05, 0) is 24.6 Å². The van der Waals surface area contributed by atoms with Crippen molar-refractivity contribution in [3.63, 3.8) is 0 Å². The Kier molecular flexibility index (Phi) is 3.43. The van der Waals surface area contributed by atoms with Crippen molar-refractivity contribution >= 4 is 0 Å². The van der Waals surface area contributed by atoms with E-state index < -0.39 is 17.7 Å². The normalized spacial score (nSPS) is 12.7. The number of aliphatic hydroxyl groups is 1. The van der Waals surface area contributed by atoms with Crippen molar-refractivity contribution in [2.75, 3.05) is 0 Å². The summed E-state index contributed by atoms with van der Waals surface area (Å²) >= 11 is 0. The molecule has 1 atom stereocenters. The van der Waals surface area contributed by atoms with Gasteiger partial charge in [-0.1, -0.05) is 6.07 Å². The van der Waals surface area contributed by atoms with Gasteiger partial charge in [-0.2, -0.15) is 5.10 Å². The minimum absolute atomic E-state index is 0.226. The highest BCUT2D eigenvalue weighted by molar-refractivity contribution is 5.24. The monoisotopic (exact) mass is 252 g/mol. The number of aromatic nitrogens is 2. The number of aryl methyl sites for hydroxylation is 2. The van der Waals surface area contributed by atoms with Crippen molar-refractivity contribution in [2.45, 2.75) is 19.4 Å². The summed E-state index contributed by atoms with van der Waals surface area (Å²) in [4.78, 5) is 0. The van der Waals surface area contributed by atoms with Crippen LogP contribution in [0.25, 0.3) is 0 Å². The molecule has 1 aromatic heterocycles. The summed E-state index contributed by atoms with van der Waals surface area (Å²) in [5, 5.41) is 14.2. The first-order valence-corrected chi connectivity index (χ1v) is 5.59. The molecule has 0 aliphatic rings. The van der Waals surface area contributed by atoms with Gasteiger partial charge >= 0.3 is 0 Å². The zero-order valence-electron chi connectivity index (χ0n) is 10.2. The molecular formula is C13H14F2N2O. The van der Waals surface area contributed by atoms with Gasteiger partial charge in [0.1, 0.15) is 0 Å². The van der Waals surface area contributed by atoms with Gasteiger partial charge in [0, 0.05) is 25.2 Å². The van der Waals surface area contributed by atoms with Crippen LogP contribution in [-0.2, 0) is 13.5 Å². The summed E-state index contributed by atoms with van der Waals surface area (Å²) in [5.41, 5.74) is 1.97. The molecule has 0 aliphatic carbocycles. The van der Waals surface area contributed by atoms with E-state index in [0.29, 0.717) is 11.1 Å². The van der Waals surface area contributed by atoms with Crippen LogP contribution in [0.4, 0.5) is 8.78 Å². The minimum atomic E-state index is -0.900. The van der Waals surface area contributed by atoms with Gasteiger partial charge in [0.05, 0.1) is 11.8 Å². The number of nitrogens with zero attached hydrogens (tertiary/aromatic N) is 2. The molecule has 1 unspecified atom stereocenters. The van der Waals surface area contributed by atoms with E-state index in [1.807, 2.05) is 0 Å². The second-order valence-corrected chi connectivity index (χ2v) is 4.31. The Morgan fingerprint density at radius 1 is 1.33 bits per heavy atom. The molecule has 0 radical (unpaired) electrons. The highest BCUT2D eigenvalue weighted by Gasteiger charge is 2.15. The molecule has 2 aromatic rings. The van der Waals surface area contributed by atoms with Crippen molar-refractivity contribution in [2.24, 2.45) is 7.05 Å². The fourth-order valence-corrected chi connectivity index (χ4v) is 1.94. The lowest BCUT2D eigenvalue weighted by Gasteiger charge is -2.09. The second kappa shape index (κ2) is 4.86. The van der Waals surface area contributed by atoms with Crippen LogP contribution in [0.5, 0.6) is 0 Å². The van der Waals surface area contributed by atoms with Crippen molar-refractivity contribution < 1.29 is 13.9 Å². The molecule has 5 heteroatoms. The number of hydrogen-bond acceptors (Lipinski definition) is 2. The first-order valence-electron chi connectivity index (χ1n) is 5.59. The standard InChI is InChI=1S/C13H14F2N2O/c1-8-10(7-17(2)16-8)13(18)6-9-3-4-11(14)12(15)5-9/h3-5,7,13,18H,6H2,1-2H3. The maximum Gasteiger partial charge on any atom is 0.159 e. The predicted molar refractivity (Wildman–Crippen MR) is 63.0 cm³/mol. The quantitative estimate of drug-likeness (QED) is 0.910. The van der Waals surface area contributed by atoms with Crippen LogP contribution < -0.4 is 0 Å². The Morgan fingerprint density at radius 3 is 2.61 bits per heavy atom. The summed E-state index contributed by atoms with van der Waals surface area (Å²) in [5.74, 6) is -1.78. The predicted octanol–water partition coefficient (Wildman–Crippen LogP) is 2.28. The van der Waals surface area contributed by atoms with Crippen molar-refractivity contribution in [1.82, 2.24) is 9.78 Å². The molecule has 96 valence electrons. The van der Waals surface area contributed by atoms with Gasteiger partial charge < -0.3 is 5.11 Å². The average Bonchev–Trinajstić information content (AvgIpc) is 2.63.